The average molecular weight is 433 g/mol. The maximum absolute atomic E-state index is 11.4. The van der Waals surface area contributed by atoms with Crippen molar-refractivity contribution in [3.63, 3.8) is 0 Å². The molecule has 0 radical (unpaired) electrons. The first kappa shape index (κ1) is 24.0. The number of hydrogen-bond acceptors (Lipinski definition) is 3. The first-order chi connectivity index (χ1) is 14.8. The lowest BCUT2D eigenvalue weighted by Crippen LogP contribution is -2.59. The monoisotopic (exact) mass is 432 g/mol. The molecule has 180 valence electrons. The Bertz CT molecular complexity index is 594. The van der Waals surface area contributed by atoms with Gasteiger partial charge < -0.3 is 16.2 Å². The van der Waals surface area contributed by atoms with Crippen molar-refractivity contribution in [1.82, 2.24) is 5.32 Å². The van der Waals surface area contributed by atoms with Gasteiger partial charge in [0, 0.05) is 19.1 Å². The van der Waals surface area contributed by atoms with Crippen LogP contribution in [0.4, 0.5) is 0 Å². The maximum atomic E-state index is 11.4. The second-order valence-corrected chi connectivity index (χ2v) is 13.0. The highest BCUT2D eigenvalue weighted by Crippen LogP contribution is 2.67. The van der Waals surface area contributed by atoms with E-state index >= 15 is 0 Å². The number of nitrogens with two attached hydrogens (primary N) is 1. The molecule has 0 bridgehead atoms. The molecule has 4 rings (SSSR count). The molecule has 4 N–H and O–H groups in total. The predicted molar refractivity (Wildman–Crippen MR) is 131 cm³/mol. The lowest BCUT2D eigenvalue weighted by molar-refractivity contribution is -0.161. The summed E-state index contributed by atoms with van der Waals surface area (Å²) in [7, 11) is 0. The third-order valence-electron chi connectivity index (χ3n) is 11.0. The molecule has 0 aromatic rings. The molecule has 31 heavy (non-hydrogen) atoms. The Morgan fingerprint density at radius 2 is 1.68 bits per heavy atom. The number of unbranched alkanes of at least 4 members (excludes halogenated alkanes) is 1. The van der Waals surface area contributed by atoms with Crippen LogP contribution in [0.2, 0.25) is 0 Å². The number of fused-ring (bicyclic) bond motifs is 5. The number of aliphatic hydroxyl groups is 1. The van der Waals surface area contributed by atoms with Crippen molar-refractivity contribution in [2.45, 2.75) is 117 Å². The Labute approximate surface area is 192 Å². The lowest BCUT2D eigenvalue weighted by Gasteiger charge is -2.62. The standard InChI is InChI=1S/C28H52N2O/c1-19(2)7-5-6-8-20-9-10-23-22-18-26(31)25-17-21(30-16-15-29)11-13-28(25,4)24(22)12-14-27(20,23)3/h19-26,30-31H,5-18,29H2,1-4H3/t20?,21?,22?,23?,24?,25-,26?,27?,28?/m1/s1. The first-order valence-electron chi connectivity index (χ1n) is 13.9. The molecule has 0 spiro atoms. The summed E-state index contributed by atoms with van der Waals surface area (Å²) < 4.78 is 0. The molecule has 0 saturated heterocycles. The topological polar surface area (TPSA) is 58.3 Å². The zero-order chi connectivity index (χ0) is 22.2. The summed E-state index contributed by atoms with van der Waals surface area (Å²) in [5, 5.41) is 15.1. The lowest BCUT2D eigenvalue weighted by atomic mass is 9.44. The highest BCUT2D eigenvalue weighted by Gasteiger charge is 2.61. The van der Waals surface area contributed by atoms with Crippen LogP contribution < -0.4 is 11.1 Å². The molecule has 9 atom stereocenters. The molecule has 4 fully saturated rings. The largest absolute Gasteiger partial charge is 0.393 e. The minimum absolute atomic E-state index is 0.0961. The summed E-state index contributed by atoms with van der Waals surface area (Å²) in [5.74, 6) is 4.74. The molecule has 0 aromatic carbocycles. The molecule has 4 saturated carbocycles. The Morgan fingerprint density at radius 3 is 2.42 bits per heavy atom. The number of aliphatic hydroxyl groups excluding tert-OH is 1. The third-order valence-corrected chi connectivity index (χ3v) is 11.0. The minimum Gasteiger partial charge on any atom is -0.393 e. The van der Waals surface area contributed by atoms with Crippen LogP contribution >= 0.6 is 0 Å². The molecule has 8 unspecified atom stereocenters. The van der Waals surface area contributed by atoms with Gasteiger partial charge in [-0.1, -0.05) is 47.0 Å². The van der Waals surface area contributed by atoms with Crippen LogP contribution in [0.5, 0.6) is 0 Å². The zero-order valence-corrected chi connectivity index (χ0v) is 21.0. The highest BCUT2D eigenvalue weighted by atomic mass is 16.3. The van der Waals surface area contributed by atoms with Crippen LogP contribution in [0.15, 0.2) is 0 Å². The van der Waals surface area contributed by atoms with Gasteiger partial charge in [-0.05, 0) is 104 Å². The molecule has 0 aromatic heterocycles. The van der Waals surface area contributed by atoms with E-state index < -0.39 is 0 Å². The quantitative estimate of drug-likeness (QED) is 0.428. The van der Waals surface area contributed by atoms with Gasteiger partial charge in [0.1, 0.15) is 0 Å². The summed E-state index contributed by atoms with van der Waals surface area (Å²) in [6.45, 7) is 11.6. The van der Waals surface area contributed by atoms with Crippen molar-refractivity contribution in [2.75, 3.05) is 13.1 Å². The number of hydrogen-bond donors (Lipinski definition) is 3. The van der Waals surface area contributed by atoms with E-state index in [1.54, 1.807) is 0 Å². The van der Waals surface area contributed by atoms with Crippen LogP contribution in [0.1, 0.15) is 105 Å². The van der Waals surface area contributed by atoms with Crippen molar-refractivity contribution >= 4 is 0 Å². The molecule has 4 aliphatic rings. The van der Waals surface area contributed by atoms with Crippen molar-refractivity contribution < 1.29 is 5.11 Å². The van der Waals surface area contributed by atoms with Gasteiger partial charge in [0.05, 0.1) is 6.10 Å². The Morgan fingerprint density at radius 1 is 0.935 bits per heavy atom. The number of nitrogens with one attached hydrogen (secondary N) is 1. The summed E-state index contributed by atoms with van der Waals surface area (Å²) in [6, 6.07) is 0.559. The fourth-order valence-corrected chi connectivity index (χ4v) is 9.30. The second kappa shape index (κ2) is 9.63. The van der Waals surface area contributed by atoms with Crippen molar-refractivity contribution in [1.29, 1.82) is 0 Å². The Kier molecular flexibility index (Phi) is 7.46. The van der Waals surface area contributed by atoms with Crippen LogP contribution in [-0.4, -0.2) is 30.3 Å². The van der Waals surface area contributed by atoms with Gasteiger partial charge >= 0.3 is 0 Å². The maximum Gasteiger partial charge on any atom is 0.0577 e. The van der Waals surface area contributed by atoms with Crippen molar-refractivity contribution in [2.24, 2.45) is 52.1 Å². The van der Waals surface area contributed by atoms with E-state index in [2.05, 4.69) is 33.0 Å². The highest BCUT2D eigenvalue weighted by molar-refractivity contribution is 5.11. The van der Waals surface area contributed by atoms with Crippen molar-refractivity contribution in [3.05, 3.63) is 0 Å². The van der Waals surface area contributed by atoms with Crippen LogP contribution in [0.25, 0.3) is 0 Å². The summed E-state index contributed by atoms with van der Waals surface area (Å²) in [4.78, 5) is 0. The van der Waals surface area contributed by atoms with Gasteiger partial charge in [-0.3, -0.25) is 0 Å². The predicted octanol–water partition coefficient (Wildman–Crippen LogP) is 5.75. The van der Waals surface area contributed by atoms with E-state index in [1.165, 1.54) is 64.2 Å². The zero-order valence-electron chi connectivity index (χ0n) is 21.0. The van der Waals surface area contributed by atoms with Gasteiger partial charge in [0.2, 0.25) is 0 Å². The van der Waals surface area contributed by atoms with E-state index in [-0.39, 0.29) is 6.10 Å². The fourth-order valence-electron chi connectivity index (χ4n) is 9.30. The molecular formula is C28H52N2O. The molecule has 3 nitrogen and oxygen atoms in total. The van der Waals surface area contributed by atoms with E-state index in [0.717, 1.165) is 49.0 Å². The Hall–Kier alpha value is -0.120. The van der Waals surface area contributed by atoms with Gasteiger partial charge in [-0.15, -0.1) is 0 Å². The van der Waals surface area contributed by atoms with E-state index in [0.29, 0.717) is 29.3 Å². The third kappa shape index (κ3) is 4.50. The van der Waals surface area contributed by atoms with E-state index in [9.17, 15) is 5.11 Å². The summed E-state index contributed by atoms with van der Waals surface area (Å²) in [6.07, 6.45) is 16.1. The summed E-state index contributed by atoms with van der Waals surface area (Å²) >= 11 is 0. The van der Waals surface area contributed by atoms with Gasteiger partial charge in [-0.25, -0.2) is 0 Å². The van der Waals surface area contributed by atoms with E-state index in [1.807, 2.05) is 0 Å². The summed E-state index contributed by atoms with van der Waals surface area (Å²) in [5.41, 5.74) is 6.62. The fraction of sp³-hybridized carbons (Fsp3) is 1.00. The Balaban J connectivity index is 1.43. The molecular weight excluding hydrogens is 380 g/mol. The molecule has 4 aliphatic carbocycles. The van der Waals surface area contributed by atoms with Gasteiger partial charge in [-0.2, -0.15) is 0 Å². The smallest absolute Gasteiger partial charge is 0.0577 e. The minimum atomic E-state index is -0.0961. The van der Waals surface area contributed by atoms with E-state index in [4.69, 9.17) is 5.73 Å². The average Bonchev–Trinajstić information content (AvgIpc) is 3.06. The molecule has 0 heterocycles. The van der Waals surface area contributed by atoms with Crippen LogP contribution in [-0.2, 0) is 0 Å². The molecule has 0 aliphatic heterocycles. The molecule has 0 amide bonds. The van der Waals surface area contributed by atoms with Crippen LogP contribution in [0, 0.1) is 46.3 Å². The van der Waals surface area contributed by atoms with Gasteiger partial charge in [0.15, 0.2) is 0 Å². The normalized spacial score (nSPS) is 47.1. The first-order valence-corrected chi connectivity index (χ1v) is 13.9. The van der Waals surface area contributed by atoms with Crippen molar-refractivity contribution in [3.8, 4) is 0 Å². The van der Waals surface area contributed by atoms with Gasteiger partial charge in [0.25, 0.3) is 0 Å². The SMILES string of the molecule is CC(C)CCCCC1CCC2C3CC(O)[C@H]4CC(NCCN)CCC4(C)C3CCC12C. The number of rotatable bonds is 8. The van der Waals surface area contributed by atoms with Crippen LogP contribution in [0.3, 0.4) is 0 Å². The second-order valence-electron chi connectivity index (χ2n) is 13.0. The molecule has 3 heteroatoms.